The molecule has 4 rings (SSSR count). The normalized spacial score (nSPS) is 12.0. The predicted octanol–water partition coefficient (Wildman–Crippen LogP) is 4.04. The Morgan fingerprint density at radius 2 is 1.97 bits per heavy atom. The van der Waals surface area contributed by atoms with Crippen LogP contribution >= 0.6 is 0 Å². The van der Waals surface area contributed by atoms with Crippen LogP contribution < -0.4 is 10.6 Å². The number of carbonyl (C=O) groups is 1. The largest absolute Gasteiger partial charge is 0.440 e. The number of rotatable bonds is 8. The summed E-state index contributed by atoms with van der Waals surface area (Å²) in [6.45, 7) is 1.80. The molecule has 0 saturated heterocycles. The maximum Gasteiger partial charge on any atom is 0.307 e. The van der Waals surface area contributed by atoms with Crippen molar-refractivity contribution in [1.29, 1.82) is 0 Å². The molecule has 0 saturated carbocycles. The maximum absolute atomic E-state index is 13.1. The van der Waals surface area contributed by atoms with Crippen LogP contribution in [0.4, 0.5) is 20.5 Å². The molecular formula is C22H21F2N7O2. The number of nitrogens with zero attached hydrogens (tertiary/aromatic N) is 5. The monoisotopic (exact) mass is 453 g/mol. The van der Waals surface area contributed by atoms with Gasteiger partial charge >= 0.3 is 5.91 Å². The number of anilines is 2. The van der Waals surface area contributed by atoms with Gasteiger partial charge in [0.15, 0.2) is 0 Å². The lowest BCUT2D eigenvalue weighted by atomic mass is 10.0. The number of halogens is 2. The van der Waals surface area contributed by atoms with E-state index in [1.54, 1.807) is 67.4 Å². The number of oxazole rings is 1. The fourth-order valence-electron chi connectivity index (χ4n) is 3.22. The van der Waals surface area contributed by atoms with Gasteiger partial charge in [0.25, 0.3) is 5.89 Å². The highest BCUT2D eigenvalue weighted by atomic mass is 19.3. The van der Waals surface area contributed by atoms with Gasteiger partial charge in [-0.3, -0.25) is 9.48 Å². The average Bonchev–Trinajstić information content (AvgIpc) is 3.44. The summed E-state index contributed by atoms with van der Waals surface area (Å²) in [5.41, 5.74) is 2.06. The van der Waals surface area contributed by atoms with Crippen LogP contribution in [0, 0.1) is 6.92 Å². The van der Waals surface area contributed by atoms with E-state index in [0.717, 1.165) is 0 Å². The molecule has 1 atom stereocenters. The Morgan fingerprint density at radius 1 is 1.18 bits per heavy atom. The van der Waals surface area contributed by atoms with Crippen molar-refractivity contribution in [1.82, 2.24) is 30.0 Å². The SMILES string of the molecule is Cc1cnc(Nc2ccnn2C)nc1-c1coc(C(=O)NC(CC(F)F)c2ccccc2)n1. The molecule has 0 aliphatic carbocycles. The molecule has 2 N–H and O–H groups in total. The van der Waals surface area contributed by atoms with E-state index in [4.69, 9.17) is 4.42 Å². The average molecular weight is 453 g/mol. The number of hydrogen-bond acceptors (Lipinski definition) is 7. The van der Waals surface area contributed by atoms with E-state index < -0.39 is 24.8 Å². The zero-order valence-electron chi connectivity index (χ0n) is 17.9. The smallest absolute Gasteiger partial charge is 0.307 e. The topological polar surface area (TPSA) is 111 Å². The molecule has 0 spiro atoms. The number of benzene rings is 1. The minimum atomic E-state index is -2.59. The lowest BCUT2D eigenvalue weighted by molar-refractivity contribution is 0.0854. The highest BCUT2D eigenvalue weighted by Crippen LogP contribution is 2.24. The molecule has 3 heterocycles. The molecule has 0 radical (unpaired) electrons. The summed E-state index contributed by atoms with van der Waals surface area (Å²) in [6.07, 6.45) is 1.42. The molecule has 0 fully saturated rings. The van der Waals surface area contributed by atoms with Gasteiger partial charge in [-0.05, 0) is 18.1 Å². The molecule has 11 heteroatoms. The summed E-state index contributed by atoms with van der Waals surface area (Å²) in [5.74, 6) is 0.0559. The number of amides is 1. The zero-order chi connectivity index (χ0) is 23.4. The highest BCUT2D eigenvalue weighted by molar-refractivity contribution is 5.90. The zero-order valence-corrected chi connectivity index (χ0v) is 17.9. The first-order valence-corrected chi connectivity index (χ1v) is 10.1. The minimum Gasteiger partial charge on any atom is -0.440 e. The van der Waals surface area contributed by atoms with Gasteiger partial charge in [-0.25, -0.2) is 23.7 Å². The highest BCUT2D eigenvalue weighted by Gasteiger charge is 2.23. The molecule has 0 aliphatic heterocycles. The second kappa shape index (κ2) is 9.55. The van der Waals surface area contributed by atoms with Crippen molar-refractivity contribution in [2.45, 2.75) is 25.8 Å². The quantitative estimate of drug-likeness (QED) is 0.414. The number of aromatic nitrogens is 5. The van der Waals surface area contributed by atoms with Crippen LogP contribution in [0.2, 0.25) is 0 Å². The number of alkyl halides is 2. The predicted molar refractivity (Wildman–Crippen MR) is 116 cm³/mol. The Morgan fingerprint density at radius 3 is 2.67 bits per heavy atom. The second-order valence-electron chi connectivity index (χ2n) is 7.29. The first-order chi connectivity index (χ1) is 15.9. The van der Waals surface area contributed by atoms with E-state index in [0.29, 0.717) is 34.3 Å². The van der Waals surface area contributed by atoms with E-state index in [-0.39, 0.29) is 5.89 Å². The van der Waals surface area contributed by atoms with Gasteiger partial charge in [-0.15, -0.1) is 0 Å². The van der Waals surface area contributed by atoms with Crippen molar-refractivity contribution >= 4 is 17.7 Å². The number of aryl methyl sites for hydroxylation is 2. The van der Waals surface area contributed by atoms with Crippen molar-refractivity contribution in [3.63, 3.8) is 0 Å². The molecule has 170 valence electrons. The first kappa shape index (κ1) is 22.1. The van der Waals surface area contributed by atoms with Gasteiger partial charge in [-0.1, -0.05) is 30.3 Å². The fourth-order valence-corrected chi connectivity index (χ4v) is 3.22. The van der Waals surface area contributed by atoms with Crippen LogP contribution in [-0.2, 0) is 7.05 Å². The lowest BCUT2D eigenvalue weighted by Gasteiger charge is -2.17. The number of hydrogen-bond donors (Lipinski definition) is 2. The van der Waals surface area contributed by atoms with Crippen molar-refractivity contribution in [2.75, 3.05) is 5.32 Å². The number of carbonyl (C=O) groups excluding carboxylic acids is 1. The van der Waals surface area contributed by atoms with E-state index in [1.807, 2.05) is 0 Å². The Balaban J connectivity index is 1.54. The van der Waals surface area contributed by atoms with Gasteiger partial charge in [0.2, 0.25) is 12.4 Å². The van der Waals surface area contributed by atoms with Gasteiger partial charge in [0.05, 0.1) is 12.2 Å². The van der Waals surface area contributed by atoms with E-state index in [2.05, 4.69) is 30.7 Å². The molecule has 33 heavy (non-hydrogen) atoms. The molecule has 1 aromatic carbocycles. The summed E-state index contributed by atoms with van der Waals surface area (Å²) >= 11 is 0. The first-order valence-electron chi connectivity index (χ1n) is 10.1. The van der Waals surface area contributed by atoms with Crippen molar-refractivity contribution in [3.05, 3.63) is 72.1 Å². The van der Waals surface area contributed by atoms with Crippen LogP contribution in [0.1, 0.15) is 34.3 Å². The molecule has 0 aliphatic rings. The second-order valence-corrected chi connectivity index (χ2v) is 7.29. The molecular weight excluding hydrogens is 432 g/mol. The van der Waals surface area contributed by atoms with Gasteiger partial charge < -0.3 is 15.1 Å². The summed E-state index contributed by atoms with van der Waals surface area (Å²) in [6, 6.07) is 9.45. The Hall–Kier alpha value is -4.15. The van der Waals surface area contributed by atoms with Crippen LogP contribution in [-0.4, -0.2) is 37.1 Å². The third-order valence-corrected chi connectivity index (χ3v) is 4.89. The van der Waals surface area contributed by atoms with E-state index in [9.17, 15) is 13.6 Å². The summed E-state index contributed by atoms with van der Waals surface area (Å²) in [7, 11) is 1.77. The van der Waals surface area contributed by atoms with E-state index >= 15 is 0 Å². The summed E-state index contributed by atoms with van der Waals surface area (Å²) < 4.78 is 33.1. The Kier molecular flexibility index (Phi) is 6.38. The fraction of sp³-hybridized carbons (Fsp3) is 0.227. The van der Waals surface area contributed by atoms with Gasteiger partial charge in [0, 0.05) is 25.7 Å². The molecule has 1 amide bonds. The van der Waals surface area contributed by atoms with Crippen molar-refractivity contribution in [2.24, 2.45) is 7.05 Å². The molecule has 3 aromatic heterocycles. The number of nitrogens with one attached hydrogen (secondary N) is 2. The third-order valence-electron chi connectivity index (χ3n) is 4.89. The Labute approximate surface area is 187 Å². The van der Waals surface area contributed by atoms with Crippen LogP contribution in [0.3, 0.4) is 0 Å². The van der Waals surface area contributed by atoms with Crippen LogP contribution in [0.15, 0.2) is 59.5 Å². The minimum absolute atomic E-state index is 0.251. The van der Waals surface area contributed by atoms with Gasteiger partial charge in [0.1, 0.15) is 23.5 Å². The maximum atomic E-state index is 13.1. The van der Waals surface area contributed by atoms with Crippen molar-refractivity contribution in [3.8, 4) is 11.4 Å². The molecule has 4 aromatic rings. The van der Waals surface area contributed by atoms with Crippen molar-refractivity contribution < 1.29 is 18.0 Å². The summed E-state index contributed by atoms with van der Waals surface area (Å²) in [5, 5.41) is 9.71. The molecule has 0 bridgehead atoms. The van der Waals surface area contributed by atoms with E-state index in [1.165, 1.54) is 6.26 Å². The third kappa shape index (κ3) is 5.20. The molecule has 9 nitrogen and oxygen atoms in total. The molecule has 1 unspecified atom stereocenters. The standard InChI is InChI=1S/C22H21F2N7O2/c1-13-11-25-22(29-18-8-9-26-31(18)2)30-19(13)16-12-33-21(28-16)20(32)27-15(10-17(23)24)14-6-4-3-5-7-14/h3-9,11-12,15,17H,10H2,1-2H3,(H,27,32)(H,25,29,30). The lowest BCUT2D eigenvalue weighted by Crippen LogP contribution is -2.30. The summed E-state index contributed by atoms with van der Waals surface area (Å²) in [4.78, 5) is 25.6. The van der Waals surface area contributed by atoms with Crippen LogP contribution in [0.25, 0.3) is 11.4 Å². The Bertz CT molecular complexity index is 1240. The van der Waals surface area contributed by atoms with Crippen LogP contribution in [0.5, 0.6) is 0 Å². The van der Waals surface area contributed by atoms with Gasteiger partial charge in [-0.2, -0.15) is 5.10 Å².